The van der Waals surface area contributed by atoms with Gasteiger partial charge in [0.25, 0.3) is 5.91 Å². The number of anilines is 2. The van der Waals surface area contributed by atoms with Gasteiger partial charge in [0.1, 0.15) is 5.69 Å². The molecule has 2 rings (SSSR count). The Balaban J connectivity index is 2.08. The summed E-state index contributed by atoms with van der Waals surface area (Å²) < 4.78 is 4.88. The minimum Gasteiger partial charge on any atom is -0.383 e. The Kier molecular flexibility index (Phi) is 5.46. The van der Waals surface area contributed by atoms with Gasteiger partial charge in [-0.1, -0.05) is 6.07 Å². The largest absolute Gasteiger partial charge is 0.383 e. The predicted molar refractivity (Wildman–Crippen MR) is 82.9 cm³/mol. The number of nitrogens with zero attached hydrogens (tertiary/aromatic N) is 2. The van der Waals surface area contributed by atoms with E-state index in [9.17, 15) is 4.79 Å². The fourth-order valence-corrected chi connectivity index (χ4v) is 1.82. The molecule has 0 atom stereocenters. The number of aromatic nitrogens is 1. The summed E-state index contributed by atoms with van der Waals surface area (Å²) in [4.78, 5) is 16.0. The van der Waals surface area contributed by atoms with Gasteiger partial charge in [-0.05, 0) is 30.3 Å². The van der Waals surface area contributed by atoms with Crippen LogP contribution in [0.3, 0.4) is 0 Å². The second-order valence-corrected chi connectivity index (χ2v) is 4.50. The topological polar surface area (TPSA) is 87.0 Å². The molecule has 2 N–H and O–H groups in total. The van der Waals surface area contributed by atoms with Crippen LogP contribution in [0.1, 0.15) is 16.1 Å². The minimum atomic E-state index is -0.258. The van der Waals surface area contributed by atoms with Crippen molar-refractivity contribution < 1.29 is 9.53 Å². The first-order valence-electron chi connectivity index (χ1n) is 6.73. The van der Waals surface area contributed by atoms with Crippen molar-refractivity contribution >= 4 is 17.3 Å². The molecule has 0 saturated carbocycles. The Morgan fingerprint density at radius 2 is 2.14 bits per heavy atom. The second-order valence-electron chi connectivity index (χ2n) is 4.50. The van der Waals surface area contributed by atoms with Gasteiger partial charge in [-0.15, -0.1) is 0 Å². The molecule has 112 valence electrons. The van der Waals surface area contributed by atoms with Crippen molar-refractivity contribution in [1.29, 1.82) is 5.26 Å². The molecule has 2 aromatic rings. The smallest absolute Gasteiger partial charge is 0.270 e. The first-order valence-corrected chi connectivity index (χ1v) is 6.73. The fourth-order valence-electron chi connectivity index (χ4n) is 1.82. The van der Waals surface area contributed by atoms with Gasteiger partial charge >= 0.3 is 0 Å². The first-order chi connectivity index (χ1) is 10.7. The SMILES string of the molecule is COCCNC(=O)c1cc(Nc2cccc(C#N)c2)ccn1. The molecule has 6 heteroatoms. The van der Waals surface area contributed by atoms with E-state index in [1.807, 2.05) is 6.07 Å². The lowest BCUT2D eigenvalue weighted by atomic mass is 10.2. The summed E-state index contributed by atoms with van der Waals surface area (Å²) in [5.74, 6) is -0.258. The average Bonchev–Trinajstić information content (AvgIpc) is 2.55. The zero-order valence-corrected chi connectivity index (χ0v) is 12.2. The van der Waals surface area contributed by atoms with Crippen molar-refractivity contribution in [2.24, 2.45) is 0 Å². The Hall–Kier alpha value is -2.91. The molecule has 0 bridgehead atoms. The lowest BCUT2D eigenvalue weighted by Gasteiger charge is -2.08. The van der Waals surface area contributed by atoms with E-state index < -0.39 is 0 Å². The van der Waals surface area contributed by atoms with Crippen LogP contribution in [0.5, 0.6) is 0 Å². The predicted octanol–water partition coefficient (Wildman–Crippen LogP) is 2.07. The van der Waals surface area contributed by atoms with Crippen molar-refractivity contribution in [2.45, 2.75) is 0 Å². The Labute approximate surface area is 128 Å². The van der Waals surface area contributed by atoms with Crippen LogP contribution in [0.25, 0.3) is 0 Å². The number of nitrogens with one attached hydrogen (secondary N) is 2. The number of pyridine rings is 1. The maximum absolute atomic E-state index is 11.9. The van der Waals surface area contributed by atoms with E-state index in [1.54, 1.807) is 43.6 Å². The number of ether oxygens (including phenoxy) is 1. The highest BCUT2D eigenvalue weighted by Crippen LogP contribution is 2.17. The van der Waals surface area contributed by atoms with Crippen molar-refractivity contribution in [1.82, 2.24) is 10.3 Å². The standard InChI is InChI=1S/C16H16N4O2/c1-22-8-7-19-16(21)15-10-14(5-6-18-15)20-13-4-2-3-12(9-13)11-17/h2-6,9-10H,7-8H2,1H3,(H,18,20)(H,19,21). The van der Waals surface area contributed by atoms with Gasteiger partial charge < -0.3 is 15.4 Å². The van der Waals surface area contributed by atoms with Gasteiger partial charge in [0.05, 0.1) is 18.2 Å². The number of carbonyl (C=O) groups excluding carboxylic acids is 1. The summed E-state index contributed by atoms with van der Waals surface area (Å²) in [5, 5.41) is 14.8. The lowest BCUT2D eigenvalue weighted by Crippen LogP contribution is -2.27. The highest BCUT2D eigenvalue weighted by atomic mass is 16.5. The summed E-state index contributed by atoms with van der Waals surface area (Å²) in [6.45, 7) is 0.878. The maximum Gasteiger partial charge on any atom is 0.270 e. The van der Waals surface area contributed by atoms with Crippen LogP contribution >= 0.6 is 0 Å². The van der Waals surface area contributed by atoms with Gasteiger partial charge in [0.15, 0.2) is 0 Å². The van der Waals surface area contributed by atoms with Crippen LogP contribution in [0.2, 0.25) is 0 Å². The van der Waals surface area contributed by atoms with E-state index in [0.717, 1.165) is 11.4 Å². The number of nitriles is 1. The quantitative estimate of drug-likeness (QED) is 0.797. The molecular formula is C16H16N4O2. The van der Waals surface area contributed by atoms with E-state index in [4.69, 9.17) is 10.00 Å². The van der Waals surface area contributed by atoms with Crippen LogP contribution in [-0.4, -0.2) is 31.2 Å². The second kappa shape index (κ2) is 7.76. The van der Waals surface area contributed by atoms with E-state index in [-0.39, 0.29) is 5.91 Å². The molecule has 0 radical (unpaired) electrons. The van der Waals surface area contributed by atoms with E-state index in [1.165, 1.54) is 0 Å². The summed E-state index contributed by atoms with van der Waals surface area (Å²) in [5.41, 5.74) is 2.38. The number of methoxy groups -OCH3 is 1. The first kappa shape index (κ1) is 15.5. The normalized spacial score (nSPS) is 9.82. The Bertz CT molecular complexity index is 695. The highest BCUT2D eigenvalue weighted by Gasteiger charge is 2.07. The van der Waals surface area contributed by atoms with Crippen LogP contribution in [0.4, 0.5) is 11.4 Å². The Morgan fingerprint density at radius 1 is 1.32 bits per heavy atom. The van der Waals surface area contributed by atoms with E-state index in [0.29, 0.717) is 24.4 Å². The summed E-state index contributed by atoms with van der Waals surface area (Å²) in [6.07, 6.45) is 1.56. The molecule has 6 nitrogen and oxygen atoms in total. The Morgan fingerprint density at radius 3 is 2.91 bits per heavy atom. The summed E-state index contributed by atoms with van der Waals surface area (Å²) in [6, 6.07) is 12.6. The van der Waals surface area contributed by atoms with Gasteiger partial charge in [0, 0.05) is 31.2 Å². The van der Waals surface area contributed by atoms with Crippen molar-refractivity contribution in [2.75, 3.05) is 25.6 Å². The number of amides is 1. The van der Waals surface area contributed by atoms with Crippen molar-refractivity contribution in [3.63, 3.8) is 0 Å². The van der Waals surface area contributed by atoms with Gasteiger partial charge in [0.2, 0.25) is 0 Å². The van der Waals surface area contributed by atoms with E-state index >= 15 is 0 Å². The maximum atomic E-state index is 11.9. The third kappa shape index (κ3) is 4.30. The molecule has 0 spiro atoms. The third-order valence-corrected chi connectivity index (χ3v) is 2.86. The highest BCUT2D eigenvalue weighted by molar-refractivity contribution is 5.93. The summed E-state index contributed by atoms with van der Waals surface area (Å²) in [7, 11) is 1.57. The number of benzene rings is 1. The molecule has 1 aromatic heterocycles. The van der Waals surface area contributed by atoms with Crippen LogP contribution in [0, 0.1) is 11.3 Å². The zero-order valence-electron chi connectivity index (χ0n) is 12.2. The van der Waals surface area contributed by atoms with Crippen LogP contribution < -0.4 is 10.6 Å². The van der Waals surface area contributed by atoms with Gasteiger partial charge in [-0.25, -0.2) is 0 Å². The molecule has 0 aliphatic carbocycles. The molecular weight excluding hydrogens is 280 g/mol. The molecule has 0 aliphatic heterocycles. The molecule has 0 unspecified atom stereocenters. The molecule has 0 fully saturated rings. The number of hydrogen-bond donors (Lipinski definition) is 2. The molecule has 0 saturated heterocycles. The molecule has 1 amide bonds. The molecule has 1 heterocycles. The molecule has 22 heavy (non-hydrogen) atoms. The lowest BCUT2D eigenvalue weighted by molar-refractivity contribution is 0.0932. The van der Waals surface area contributed by atoms with Gasteiger partial charge in [-0.2, -0.15) is 5.26 Å². The summed E-state index contributed by atoms with van der Waals surface area (Å²) >= 11 is 0. The average molecular weight is 296 g/mol. The van der Waals surface area contributed by atoms with E-state index in [2.05, 4.69) is 21.7 Å². The van der Waals surface area contributed by atoms with Crippen LogP contribution in [-0.2, 0) is 4.74 Å². The monoisotopic (exact) mass is 296 g/mol. The fraction of sp³-hybridized carbons (Fsp3) is 0.188. The van der Waals surface area contributed by atoms with Gasteiger partial charge in [-0.3, -0.25) is 9.78 Å². The molecule has 1 aromatic carbocycles. The zero-order chi connectivity index (χ0) is 15.8. The number of hydrogen-bond acceptors (Lipinski definition) is 5. The number of rotatable bonds is 6. The van der Waals surface area contributed by atoms with Crippen molar-refractivity contribution in [3.8, 4) is 6.07 Å². The molecule has 0 aliphatic rings. The van der Waals surface area contributed by atoms with Crippen LogP contribution in [0.15, 0.2) is 42.6 Å². The third-order valence-electron chi connectivity index (χ3n) is 2.86. The minimum absolute atomic E-state index is 0.258. The van der Waals surface area contributed by atoms with Crippen molar-refractivity contribution in [3.05, 3.63) is 53.9 Å². The number of carbonyl (C=O) groups is 1.